The van der Waals surface area contributed by atoms with Crippen molar-refractivity contribution < 1.29 is 13.2 Å². The van der Waals surface area contributed by atoms with Crippen molar-refractivity contribution in [2.24, 2.45) is 0 Å². The second-order valence-electron chi connectivity index (χ2n) is 5.74. The molecule has 0 unspecified atom stereocenters. The van der Waals surface area contributed by atoms with Gasteiger partial charge >= 0.3 is 0 Å². The van der Waals surface area contributed by atoms with Crippen LogP contribution in [-0.4, -0.2) is 49.9 Å². The van der Waals surface area contributed by atoms with Crippen LogP contribution in [0.15, 0.2) is 24.3 Å². The van der Waals surface area contributed by atoms with Gasteiger partial charge in [-0.25, -0.2) is 8.42 Å². The second-order valence-corrected chi connectivity index (χ2v) is 7.97. The Morgan fingerprint density at radius 1 is 1.43 bits per heavy atom. The number of hydrogen-bond donors (Lipinski definition) is 1. The van der Waals surface area contributed by atoms with Gasteiger partial charge in [-0.05, 0) is 38.0 Å². The molecule has 0 radical (unpaired) electrons. The summed E-state index contributed by atoms with van der Waals surface area (Å²) < 4.78 is 23.0. The largest absolute Gasteiger partial charge is 0.374 e. The Morgan fingerprint density at radius 3 is 2.71 bits per heavy atom. The molecule has 1 heterocycles. The van der Waals surface area contributed by atoms with Gasteiger partial charge in [0.25, 0.3) is 0 Å². The Hall–Kier alpha value is -1.56. The van der Waals surface area contributed by atoms with E-state index in [2.05, 4.69) is 5.32 Å². The van der Waals surface area contributed by atoms with Gasteiger partial charge in [0.1, 0.15) is 6.04 Å². The number of rotatable bonds is 4. The topological polar surface area (TPSA) is 66.5 Å². The van der Waals surface area contributed by atoms with Crippen molar-refractivity contribution in [1.82, 2.24) is 4.90 Å². The molecule has 0 spiro atoms. The fraction of sp³-hybridized carbons (Fsp3) is 0.533. The summed E-state index contributed by atoms with van der Waals surface area (Å²) in [6, 6.07) is 7.22. The highest BCUT2D eigenvalue weighted by Gasteiger charge is 2.33. The molecule has 0 bridgehead atoms. The van der Waals surface area contributed by atoms with Gasteiger partial charge < -0.3 is 10.2 Å². The first kappa shape index (κ1) is 15.8. The maximum atomic E-state index is 12.4. The minimum absolute atomic E-state index is 0.0758. The lowest BCUT2D eigenvalue weighted by molar-refractivity contribution is -0.132. The van der Waals surface area contributed by atoms with Crippen LogP contribution >= 0.6 is 0 Å². The van der Waals surface area contributed by atoms with Crippen LogP contribution in [0.2, 0.25) is 0 Å². The second kappa shape index (κ2) is 6.05. The molecular weight excluding hydrogens is 288 g/mol. The van der Waals surface area contributed by atoms with Crippen molar-refractivity contribution in [3.05, 3.63) is 29.8 Å². The Bertz CT molecular complexity index is 628. The fourth-order valence-corrected chi connectivity index (χ4v) is 4.39. The van der Waals surface area contributed by atoms with E-state index in [4.69, 9.17) is 0 Å². The SMILES string of the molecule is Cc1cccc(N[C@@H](C)C(=O)N(C)[C@H]2CCS(=O)(=O)C2)c1. The standard InChI is InChI=1S/C15H22N2O3S/c1-11-5-4-6-13(9-11)16-12(2)15(18)17(3)14-7-8-21(19,20)10-14/h4-6,9,12,14,16H,7-8,10H2,1-3H3/t12-,14-/m0/s1. The van der Waals surface area contributed by atoms with Crippen molar-refractivity contribution in [2.45, 2.75) is 32.4 Å². The van der Waals surface area contributed by atoms with Gasteiger partial charge in [0.05, 0.1) is 11.5 Å². The molecule has 2 rings (SSSR count). The lowest BCUT2D eigenvalue weighted by atomic mass is 10.1. The van der Waals surface area contributed by atoms with Crippen molar-refractivity contribution in [1.29, 1.82) is 0 Å². The summed E-state index contributed by atoms with van der Waals surface area (Å²) >= 11 is 0. The number of likely N-dealkylation sites (N-methyl/N-ethyl adjacent to an activating group) is 1. The minimum atomic E-state index is -2.98. The average Bonchev–Trinajstić information content (AvgIpc) is 2.77. The van der Waals surface area contributed by atoms with Crippen LogP contribution in [0.25, 0.3) is 0 Å². The zero-order valence-corrected chi connectivity index (χ0v) is 13.5. The lowest BCUT2D eigenvalue weighted by Gasteiger charge is -2.27. The molecule has 1 N–H and O–H groups in total. The third kappa shape index (κ3) is 3.97. The molecule has 116 valence electrons. The molecule has 1 saturated heterocycles. The number of anilines is 1. The van der Waals surface area contributed by atoms with Gasteiger partial charge in [-0.15, -0.1) is 0 Å². The Morgan fingerprint density at radius 2 is 2.14 bits per heavy atom. The van der Waals surface area contributed by atoms with Crippen LogP contribution in [0.3, 0.4) is 0 Å². The van der Waals surface area contributed by atoms with Crippen molar-refractivity contribution >= 4 is 21.4 Å². The summed E-state index contributed by atoms with van der Waals surface area (Å²) in [5.41, 5.74) is 2.01. The van der Waals surface area contributed by atoms with Crippen LogP contribution < -0.4 is 5.32 Å². The van der Waals surface area contributed by atoms with E-state index in [1.165, 1.54) is 0 Å². The summed E-state index contributed by atoms with van der Waals surface area (Å²) in [5, 5.41) is 3.17. The normalized spacial score (nSPS) is 21.8. The summed E-state index contributed by atoms with van der Waals surface area (Å²) in [4.78, 5) is 14.0. The highest BCUT2D eigenvalue weighted by atomic mass is 32.2. The van der Waals surface area contributed by atoms with E-state index in [-0.39, 0.29) is 29.5 Å². The van der Waals surface area contributed by atoms with E-state index in [0.29, 0.717) is 6.42 Å². The number of amides is 1. The van der Waals surface area contributed by atoms with Crippen LogP contribution in [0.4, 0.5) is 5.69 Å². The van der Waals surface area contributed by atoms with E-state index in [1.54, 1.807) is 18.9 Å². The molecular formula is C15H22N2O3S. The minimum Gasteiger partial charge on any atom is -0.374 e. The average molecular weight is 310 g/mol. The molecule has 1 aromatic carbocycles. The fourth-order valence-electron chi connectivity index (χ4n) is 2.61. The number of nitrogens with zero attached hydrogens (tertiary/aromatic N) is 1. The van der Waals surface area contributed by atoms with E-state index in [0.717, 1.165) is 11.3 Å². The third-order valence-corrected chi connectivity index (χ3v) is 5.63. The van der Waals surface area contributed by atoms with Gasteiger partial charge in [-0.2, -0.15) is 0 Å². The third-order valence-electron chi connectivity index (χ3n) is 3.88. The Kier molecular flexibility index (Phi) is 4.56. The smallest absolute Gasteiger partial charge is 0.244 e. The van der Waals surface area contributed by atoms with Crippen LogP contribution in [0.1, 0.15) is 18.9 Å². The first-order chi connectivity index (χ1) is 9.78. The predicted octanol–water partition coefficient (Wildman–Crippen LogP) is 1.44. The molecule has 1 amide bonds. The molecule has 2 atom stereocenters. The number of carbonyl (C=O) groups excluding carboxylic acids is 1. The van der Waals surface area contributed by atoms with Gasteiger partial charge in [0.15, 0.2) is 9.84 Å². The summed E-state index contributed by atoms with van der Waals surface area (Å²) in [6.07, 6.45) is 0.530. The first-order valence-electron chi connectivity index (χ1n) is 7.09. The highest BCUT2D eigenvalue weighted by Crippen LogP contribution is 2.18. The zero-order valence-electron chi connectivity index (χ0n) is 12.7. The monoisotopic (exact) mass is 310 g/mol. The Balaban J connectivity index is 1.99. The summed E-state index contributed by atoms with van der Waals surface area (Å²) in [5.74, 6) is 0.167. The van der Waals surface area contributed by atoms with Crippen molar-refractivity contribution in [3.8, 4) is 0 Å². The van der Waals surface area contributed by atoms with Gasteiger partial charge in [0.2, 0.25) is 5.91 Å². The Labute approximate surface area is 126 Å². The van der Waals surface area contributed by atoms with Crippen LogP contribution in [-0.2, 0) is 14.6 Å². The van der Waals surface area contributed by atoms with Crippen molar-refractivity contribution in [3.63, 3.8) is 0 Å². The maximum Gasteiger partial charge on any atom is 0.244 e. The summed E-state index contributed by atoms with van der Waals surface area (Å²) in [7, 11) is -1.30. The molecule has 0 aromatic heterocycles. The van der Waals surface area contributed by atoms with Crippen LogP contribution in [0.5, 0.6) is 0 Å². The highest BCUT2D eigenvalue weighted by molar-refractivity contribution is 7.91. The van der Waals surface area contributed by atoms with Gasteiger partial charge in [-0.3, -0.25) is 4.79 Å². The molecule has 1 aliphatic rings. The molecule has 0 saturated carbocycles. The van der Waals surface area contributed by atoms with Crippen molar-refractivity contribution in [2.75, 3.05) is 23.9 Å². The van der Waals surface area contributed by atoms with E-state index in [9.17, 15) is 13.2 Å². The molecule has 21 heavy (non-hydrogen) atoms. The predicted molar refractivity (Wildman–Crippen MR) is 84.1 cm³/mol. The maximum absolute atomic E-state index is 12.4. The molecule has 0 aliphatic carbocycles. The number of sulfone groups is 1. The van der Waals surface area contributed by atoms with Gasteiger partial charge in [0, 0.05) is 18.8 Å². The lowest BCUT2D eigenvalue weighted by Crippen LogP contribution is -2.45. The van der Waals surface area contributed by atoms with E-state index < -0.39 is 9.84 Å². The quantitative estimate of drug-likeness (QED) is 0.914. The number of aryl methyl sites for hydroxylation is 1. The molecule has 1 aromatic rings. The van der Waals surface area contributed by atoms with Crippen LogP contribution in [0, 0.1) is 6.92 Å². The van der Waals surface area contributed by atoms with E-state index >= 15 is 0 Å². The van der Waals surface area contributed by atoms with Gasteiger partial charge in [-0.1, -0.05) is 12.1 Å². The molecule has 1 aliphatic heterocycles. The zero-order chi connectivity index (χ0) is 15.6. The number of hydrogen-bond acceptors (Lipinski definition) is 4. The molecule has 5 nitrogen and oxygen atoms in total. The molecule has 6 heteroatoms. The number of benzene rings is 1. The van der Waals surface area contributed by atoms with E-state index in [1.807, 2.05) is 31.2 Å². The summed E-state index contributed by atoms with van der Waals surface area (Å²) in [6.45, 7) is 3.79. The number of nitrogens with one attached hydrogen (secondary N) is 1. The molecule has 1 fully saturated rings. The number of carbonyl (C=O) groups is 1. The first-order valence-corrected chi connectivity index (χ1v) is 8.91.